The number of carboxylic acids is 1. The summed E-state index contributed by atoms with van der Waals surface area (Å²) in [5.74, 6) is -1.69. The summed E-state index contributed by atoms with van der Waals surface area (Å²) in [6, 6.07) is 6.81. The number of aromatic nitrogens is 2. The molecule has 0 saturated carbocycles. The Morgan fingerprint density at radius 2 is 1.85 bits per heavy atom. The van der Waals surface area contributed by atoms with Crippen molar-refractivity contribution in [3.05, 3.63) is 51.8 Å². The molecule has 0 aliphatic carbocycles. The molecule has 0 aliphatic rings. The highest BCUT2D eigenvalue weighted by molar-refractivity contribution is 6.31. The third-order valence-electron chi connectivity index (χ3n) is 2.27. The van der Waals surface area contributed by atoms with Gasteiger partial charge in [0.25, 0.3) is 5.91 Å². The second-order valence-corrected chi connectivity index (χ2v) is 4.55. The van der Waals surface area contributed by atoms with Crippen LogP contribution in [0.4, 0.5) is 5.69 Å². The van der Waals surface area contributed by atoms with Gasteiger partial charge >= 0.3 is 5.97 Å². The van der Waals surface area contributed by atoms with Crippen LogP contribution in [-0.4, -0.2) is 27.2 Å². The SMILES string of the molecule is O=C(O)c1cc(Cl)cc(NC(=O)c2ccc(Cl)nn2)c1. The van der Waals surface area contributed by atoms with Gasteiger partial charge in [-0.15, -0.1) is 10.2 Å². The Morgan fingerprint density at radius 3 is 2.45 bits per heavy atom. The van der Waals surface area contributed by atoms with E-state index in [0.717, 1.165) is 0 Å². The Morgan fingerprint density at radius 1 is 1.10 bits per heavy atom. The molecule has 2 aromatic rings. The van der Waals surface area contributed by atoms with Gasteiger partial charge in [-0.1, -0.05) is 23.2 Å². The second-order valence-electron chi connectivity index (χ2n) is 3.73. The fourth-order valence-corrected chi connectivity index (χ4v) is 1.75. The fourth-order valence-electron chi connectivity index (χ4n) is 1.42. The monoisotopic (exact) mass is 311 g/mol. The van der Waals surface area contributed by atoms with Crippen LogP contribution in [0.1, 0.15) is 20.8 Å². The highest BCUT2D eigenvalue weighted by Crippen LogP contribution is 2.19. The van der Waals surface area contributed by atoms with Crippen molar-refractivity contribution in [2.75, 3.05) is 5.32 Å². The highest BCUT2D eigenvalue weighted by atomic mass is 35.5. The van der Waals surface area contributed by atoms with Crippen LogP contribution in [0.15, 0.2) is 30.3 Å². The Balaban J connectivity index is 2.23. The highest BCUT2D eigenvalue weighted by Gasteiger charge is 2.11. The Bertz CT molecular complexity index is 674. The molecule has 0 bridgehead atoms. The van der Waals surface area contributed by atoms with Gasteiger partial charge in [-0.25, -0.2) is 4.79 Å². The normalized spacial score (nSPS) is 10.1. The quantitative estimate of drug-likeness (QED) is 0.909. The molecular formula is C12H7Cl2N3O3. The number of carbonyl (C=O) groups is 2. The first-order valence-electron chi connectivity index (χ1n) is 5.30. The number of aromatic carboxylic acids is 1. The van der Waals surface area contributed by atoms with Crippen molar-refractivity contribution < 1.29 is 14.7 Å². The van der Waals surface area contributed by atoms with Gasteiger partial charge in [0, 0.05) is 10.7 Å². The molecule has 0 radical (unpaired) electrons. The van der Waals surface area contributed by atoms with Gasteiger partial charge in [0.15, 0.2) is 10.8 Å². The maximum atomic E-state index is 11.9. The molecule has 1 aromatic heterocycles. The number of hydrogen-bond donors (Lipinski definition) is 2. The van der Waals surface area contributed by atoms with E-state index in [2.05, 4.69) is 15.5 Å². The molecule has 0 atom stereocenters. The van der Waals surface area contributed by atoms with Crippen LogP contribution in [0.25, 0.3) is 0 Å². The minimum absolute atomic E-state index is 0.0324. The number of halogens is 2. The van der Waals surface area contributed by atoms with E-state index in [9.17, 15) is 9.59 Å². The van der Waals surface area contributed by atoms with Gasteiger partial charge in [0.2, 0.25) is 0 Å². The third kappa shape index (κ3) is 3.43. The predicted molar refractivity (Wildman–Crippen MR) is 73.4 cm³/mol. The van der Waals surface area contributed by atoms with Gasteiger partial charge in [-0.05, 0) is 30.3 Å². The molecular weight excluding hydrogens is 305 g/mol. The lowest BCUT2D eigenvalue weighted by molar-refractivity contribution is 0.0696. The lowest BCUT2D eigenvalue weighted by atomic mass is 10.2. The summed E-state index contributed by atoms with van der Waals surface area (Å²) in [6.45, 7) is 0. The molecule has 1 aromatic carbocycles. The van der Waals surface area contributed by atoms with Crippen LogP contribution in [0.3, 0.4) is 0 Å². The summed E-state index contributed by atoms with van der Waals surface area (Å²) in [5.41, 5.74) is 0.262. The van der Waals surface area contributed by atoms with E-state index in [1.165, 1.54) is 30.3 Å². The maximum Gasteiger partial charge on any atom is 0.335 e. The van der Waals surface area contributed by atoms with E-state index >= 15 is 0 Å². The first kappa shape index (κ1) is 14.2. The van der Waals surface area contributed by atoms with E-state index in [0.29, 0.717) is 0 Å². The molecule has 6 nitrogen and oxygen atoms in total. The zero-order valence-electron chi connectivity index (χ0n) is 9.80. The number of benzene rings is 1. The van der Waals surface area contributed by atoms with Crippen LogP contribution < -0.4 is 5.32 Å². The first-order chi connectivity index (χ1) is 9.45. The minimum Gasteiger partial charge on any atom is -0.478 e. The minimum atomic E-state index is -1.14. The second kappa shape index (κ2) is 5.85. The molecule has 0 fully saturated rings. The average Bonchev–Trinajstić information content (AvgIpc) is 2.38. The summed E-state index contributed by atoms with van der Waals surface area (Å²) >= 11 is 11.3. The van der Waals surface area contributed by atoms with Gasteiger partial charge < -0.3 is 10.4 Å². The van der Waals surface area contributed by atoms with E-state index < -0.39 is 11.9 Å². The van der Waals surface area contributed by atoms with E-state index in [1.54, 1.807) is 0 Å². The zero-order valence-corrected chi connectivity index (χ0v) is 11.3. The first-order valence-corrected chi connectivity index (χ1v) is 6.06. The predicted octanol–water partition coefficient (Wildman–Crippen LogP) is 2.73. The lowest BCUT2D eigenvalue weighted by Gasteiger charge is -2.06. The summed E-state index contributed by atoms with van der Waals surface area (Å²) < 4.78 is 0. The maximum absolute atomic E-state index is 11.9. The van der Waals surface area contributed by atoms with Gasteiger partial charge in [-0.3, -0.25) is 4.79 Å². The number of nitrogens with zero attached hydrogens (tertiary/aromatic N) is 2. The molecule has 0 spiro atoms. The van der Waals surface area contributed by atoms with Crippen LogP contribution >= 0.6 is 23.2 Å². The Kier molecular flexibility index (Phi) is 4.16. The number of nitrogens with one attached hydrogen (secondary N) is 1. The fraction of sp³-hybridized carbons (Fsp3) is 0. The molecule has 8 heteroatoms. The van der Waals surface area contributed by atoms with E-state index in [4.69, 9.17) is 28.3 Å². The molecule has 1 amide bonds. The molecule has 0 saturated heterocycles. The topological polar surface area (TPSA) is 92.2 Å². The van der Waals surface area contributed by atoms with Crippen molar-refractivity contribution in [3.8, 4) is 0 Å². The lowest BCUT2D eigenvalue weighted by Crippen LogP contribution is -2.14. The molecule has 2 rings (SSSR count). The summed E-state index contributed by atoms with van der Waals surface area (Å²) in [4.78, 5) is 22.8. The molecule has 0 aliphatic heterocycles. The van der Waals surface area contributed by atoms with Crippen LogP contribution in [0.5, 0.6) is 0 Å². The van der Waals surface area contributed by atoms with Gasteiger partial charge in [-0.2, -0.15) is 0 Å². The smallest absolute Gasteiger partial charge is 0.335 e. The largest absolute Gasteiger partial charge is 0.478 e. The third-order valence-corrected chi connectivity index (χ3v) is 2.69. The van der Waals surface area contributed by atoms with E-state index in [1.807, 2.05) is 0 Å². The molecule has 20 heavy (non-hydrogen) atoms. The van der Waals surface area contributed by atoms with Gasteiger partial charge in [0.1, 0.15) is 0 Å². The Labute approximate surface area is 123 Å². The van der Waals surface area contributed by atoms with Crippen molar-refractivity contribution in [1.29, 1.82) is 0 Å². The van der Waals surface area contributed by atoms with Crippen molar-refractivity contribution in [3.63, 3.8) is 0 Å². The molecule has 2 N–H and O–H groups in total. The number of anilines is 1. The number of carboxylic acid groups (broad SMARTS) is 1. The average molecular weight is 312 g/mol. The van der Waals surface area contributed by atoms with Crippen molar-refractivity contribution in [1.82, 2.24) is 10.2 Å². The van der Waals surface area contributed by atoms with Crippen molar-refractivity contribution in [2.45, 2.75) is 0 Å². The molecule has 0 unspecified atom stereocenters. The summed E-state index contributed by atoms with van der Waals surface area (Å²) in [7, 11) is 0. The Hall–Kier alpha value is -2.18. The van der Waals surface area contributed by atoms with Gasteiger partial charge in [0.05, 0.1) is 5.56 Å². The summed E-state index contributed by atoms with van der Waals surface area (Å²) in [6.07, 6.45) is 0. The number of amides is 1. The standard InChI is InChI=1S/C12H7Cl2N3O3/c13-7-3-6(12(19)20)4-8(5-7)15-11(18)9-1-2-10(14)17-16-9/h1-5H,(H,15,18)(H,19,20). The number of hydrogen-bond acceptors (Lipinski definition) is 4. The van der Waals surface area contributed by atoms with Crippen LogP contribution in [0.2, 0.25) is 10.2 Å². The zero-order chi connectivity index (χ0) is 14.7. The number of rotatable bonds is 3. The molecule has 1 heterocycles. The van der Waals surface area contributed by atoms with Crippen LogP contribution in [0, 0.1) is 0 Å². The van der Waals surface area contributed by atoms with Crippen molar-refractivity contribution >= 4 is 40.8 Å². The summed E-state index contributed by atoms with van der Waals surface area (Å²) in [5, 5.41) is 18.9. The number of carbonyl (C=O) groups excluding carboxylic acids is 1. The van der Waals surface area contributed by atoms with Crippen molar-refractivity contribution in [2.24, 2.45) is 0 Å². The molecule has 102 valence electrons. The van der Waals surface area contributed by atoms with Crippen LogP contribution in [-0.2, 0) is 0 Å². The van der Waals surface area contributed by atoms with E-state index in [-0.39, 0.29) is 27.1 Å².